The van der Waals surface area contributed by atoms with Crippen LogP contribution in [0.4, 0.5) is 17.5 Å². The summed E-state index contributed by atoms with van der Waals surface area (Å²) in [5.74, 6) is 0.722. The number of carbonyl (C=O) groups excluding carboxylic acids is 2. The van der Waals surface area contributed by atoms with E-state index in [9.17, 15) is 9.59 Å². The van der Waals surface area contributed by atoms with Gasteiger partial charge in [-0.05, 0) is 31.2 Å². The van der Waals surface area contributed by atoms with Gasteiger partial charge in [-0.25, -0.2) is 4.79 Å². The van der Waals surface area contributed by atoms with E-state index in [1.165, 1.54) is 6.20 Å². The number of piperazine rings is 1. The summed E-state index contributed by atoms with van der Waals surface area (Å²) in [5, 5.41) is 11.2. The first kappa shape index (κ1) is 17.6. The molecule has 136 valence electrons. The van der Waals surface area contributed by atoms with E-state index in [1.807, 2.05) is 4.90 Å². The first-order chi connectivity index (χ1) is 12.7. The van der Waals surface area contributed by atoms with Crippen molar-refractivity contribution in [3.63, 3.8) is 0 Å². The van der Waals surface area contributed by atoms with Crippen LogP contribution < -0.4 is 10.2 Å². The molecule has 1 aliphatic heterocycles. The minimum Gasteiger partial charge on any atom is -0.462 e. The third-order valence-electron chi connectivity index (χ3n) is 3.96. The van der Waals surface area contributed by atoms with Crippen molar-refractivity contribution in [1.29, 1.82) is 0 Å². The maximum Gasteiger partial charge on any atom is 0.338 e. The standard InChI is InChI=1S/C17H20N6O3/c1-2-26-16(25)13-3-5-14(6-4-13)19-15-11-18-21-17(20-15)23-9-7-22(12-24)8-10-23/h3-6,11-12H,2,7-10H2,1H3,(H,19,20,21). The number of hydrogen-bond acceptors (Lipinski definition) is 8. The fourth-order valence-corrected chi connectivity index (χ4v) is 2.57. The Morgan fingerprint density at radius 1 is 1.23 bits per heavy atom. The highest BCUT2D eigenvalue weighted by Gasteiger charge is 2.18. The Bertz CT molecular complexity index is 759. The highest BCUT2D eigenvalue weighted by atomic mass is 16.5. The van der Waals surface area contributed by atoms with Gasteiger partial charge in [0, 0.05) is 31.9 Å². The molecule has 0 aliphatic carbocycles. The molecule has 26 heavy (non-hydrogen) atoms. The summed E-state index contributed by atoms with van der Waals surface area (Å²) in [6, 6.07) is 6.93. The van der Waals surface area contributed by atoms with Crippen LogP contribution in [0.5, 0.6) is 0 Å². The fourth-order valence-electron chi connectivity index (χ4n) is 2.57. The third-order valence-corrected chi connectivity index (χ3v) is 3.96. The van der Waals surface area contributed by atoms with E-state index in [-0.39, 0.29) is 5.97 Å². The van der Waals surface area contributed by atoms with E-state index in [4.69, 9.17) is 4.74 Å². The van der Waals surface area contributed by atoms with Crippen molar-refractivity contribution in [3.8, 4) is 0 Å². The third kappa shape index (κ3) is 4.24. The van der Waals surface area contributed by atoms with Gasteiger partial charge in [0.05, 0.1) is 18.4 Å². The lowest BCUT2D eigenvalue weighted by atomic mass is 10.2. The number of benzene rings is 1. The van der Waals surface area contributed by atoms with Crippen molar-refractivity contribution >= 4 is 29.8 Å². The molecule has 1 amide bonds. The molecule has 9 nitrogen and oxygen atoms in total. The second-order valence-electron chi connectivity index (χ2n) is 5.69. The minimum absolute atomic E-state index is 0.343. The van der Waals surface area contributed by atoms with E-state index in [0.717, 1.165) is 12.1 Å². The van der Waals surface area contributed by atoms with Gasteiger partial charge >= 0.3 is 5.97 Å². The van der Waals surface area contributed by atoms with Crippen LogP contribution in [0, 0.1) is 0 Å². The Kier molecular flexibility index (Phi) is 5.57. The number of carbonyl (C=O) groups is 2. The van der Waals surface area contributed by atoms with Gasteiger partial charge in [-0.15, -0.1) is 5.10 Å². The van der Waals surface area contributed by atoms with Crippen molar-refractivity contribution in [1.82, 2.24) is 20.1 Å². The van der Waals surface area contributed by atoms with Crippen LogP contribution in [0.2, 0.25) is 0 Å². The lowest BCUT2D eigenvalue weighted by Gasteiger charge is -2.32. The molecule has 0 unspecified atom stereocenters. The summed E-state index contributed by atoms with van der Waals surface area (Å²) >= 11 is 0. The van der Waals surface area contributed by atoms with Gasteiger partial charge in [0.25, 0.3) is 0 Å². The average molecular weight is 356 g/mol. The zero-order valence-corrected chi connectivity index (χ0v) is 14.5. The first-order valence-corrected chi connectivity index (χ1v) is 8.38. The molecule has 1 aliphatic rings. The van der Waals surface area contributed by atoms with Crippen LogP contribution in [-0.2, 0) is 9.53 Å². The maximum absolute atomic E-state index is 11.7. The number of ether oxygens (including phenoxy) is 1. The molecular weight excluding hydrogens is 336 g/mol. The van der Waals surface area contributed by atoms with Gasteiger partial charge in [-0.1, -0.05) is 0 Å². The molecule has 2 heterocycles. The summed E-state index contributed by atoms with van der Waals surface area (Å²) < 4.78 is 4.96. The number of aromatic nitrogens is 3. The van der Waals surface area contributed by atoms with Crippen molar-refractivity contribution in [2.24, 2.45) is 0 Å². The summed E-state index contributed by atoms with van der Waals surface area (Å²) in [6.07, 6.45) is 2.39. The van der Waals surface area contributed by atoms with Gasteiger partial charge in [-0.2, -0.15) is 10.1 Å². The van der Waals surface area contributed by atoms with E-state index < -0.39 is 0 Å². The van der Waals surface area contributed by atoms with Crippen molar-refractivity contribution in [3.05, 3.63) is 36.0 Å². The highest BCUT2D eigenvalue weighted by Crippen LogP contribution is 2.17. The average Bonchev–Trinajstić information content (AvgIpc) is 2.69. The predicted octanol–water partition coefficient (Wildman–Crippen LogP) is 1.07. The summed E-state index contributed by atoms with van der Waals surface area (Å²) in [5.41, 5.74) is 1.27. The zero-order valence-electron chi connectivity index (χ0n) is 14.5. The molecule has 0 saturated carbocycles. The van der Waals surface area contributed by atoms with Crippen LogP contribution in [-0.4, -0.2) is 65.2 Å². The largest absolute Gasteiger partial charge is 0.462 e. The Balaban J connectivity index is 1.65. The second kappa shape index (κ2) is 8.24. The number of nitrogens with one attached hydrogen (secondary N) is 1. The van der Waals surface area contributed by atoms with E-state index in [2.05, 4.69) is 20.5 Å². The van der Waals surface area contributed by atoms with Crippen molar-refractivity contribution in [2.45, 2.75) is 6.92 Å². The van der Waals surface area contributed by atoms with Gasteiger partial charge < -0.3 is 19.9 Å². The number of amides is 1. The monoisotopic (exact) mass is 356 g/mol. The van der Waals surface area contributed by atoms with Gasteiger partial charge in [-0.3, -0.25) is 4.79 Å². The topological polar surface area (TPSA) is 101 Å². The molecule has 0 spiro atoms. The van der Waals surface area contributed by atoms with Gasteiger partial charge in [0.1, 0.15) is 0 Å². The van der Waals surface area contributed by atoms with Crippen LogP contribution in [0.25, 0.3) is 0 Å². The first-order valence-electron chi connectivity index (χ1n) is 8.38. The van der Waals surface area contributed by atoms with Crippen LogP contribution in [0.3, 0.4) is 0 Å². The van der Waals surface area contributed by atoms with Gasteiger partial charge in [0.2, 0.25) is 12.4 Å². The highest BCUT2D eigenvalue weighted by molar-refractivity contribution is 5.89. The number of rotatable bonds is 6. The quantitative estimate of drug-likeness (QED) is 0.606. The van der Waals surface area contributed by atoms with Crippen LogP contribution in [0.15, 0.2) is 30.5 Å². The Hall–Kier alpha value is -3.23. The molecule has 1 N–H and O–H groups in total. The number of hydrogen-bond donors (Lipinski definition) is 1. The fraction of sp³-hybridized carbons (Fsp3) is 0.353. The molecule has 0 bridgehead atoms. The lowest BCUT2D eigenvalue weighted by Crippen LogP contribution is -2.46. The van der Waals surface area contributed by atoms with E-state index in [0.29, 0.717) is 50.1 Å². The zero-order chi connectivity index (χ0) is 18.4. The maximum atomic E-state index is 11.7. The molecule has 1 aromatic heterocycles. The van der Waals surface area contributed by atoms with E-state index >= 15 is 0 Å². The van der Waals surface area contributed by atoms with Crippen molar-refractivity contribution < 1.29 is 14.3 Å². The van der Waals surface area contributed by atoms with E-state index in [1.54, 1.807) is 36.1 Å². The SMILES string of the molecule is CCOC(=O)c1ccc(Nc2cnnc(N3CCN(C=O)CC3)n2)cc1. The minimum atomic E-state index is -0.348. The molecule has 1 fully saturated rings. The Labute approximate surface area is 151 Å². The normalized spacial score (nSPS) is 14.0. The molecule has 3 rings (SSSR count). The lowest BCUT2D eigenvalue weighted by molar-refractivity contribution is -0.118. The van der Waals surface area contributed by atoms with Gasteiger partial charge in [0.15, 0.2) is 5.82 Å². The van der Waals surface area contributed by atoms with Crippen LogP contribution in [0.1, 0.15) is 17.3 Å². The molecule has 2 aromatic rings. The molecule has 1 aromatic carbocycles. The number of nitrogens with zero attached hydrogens (tertiary/aromatic N) is 5. The summed E-state index contributed by atoms with van der Waals surface area (Å²) in [4.78, 5) is 30.6. The number of esters is 1. The summed E-state index contributed by atoms with van der Waals surface area (Å²) in [7, 11) is 0. The molecule has 0 radical (unpaired) electrons. The van der Waals surface area contributed by atoms with Crippen LogP contribution >= 0.6 is 0 Å². The molecular formula is C17H20N6O3. The molecule has 1 saturated heterocycles. The Morgan fingerprint density at radius 3 is 2.62 bits per heavy atom. The molecule has 0 atom stereocenters. The second-order valence-corrected chi connectivity index (χ2v) is 5.69. The Morgan fingerprint density at radius 2 is 1.96 bits per heavy atom. The number of anilines is 3. The predicted molar refractivity (Wildman–Crippen MR) is 95.4 cm³/mol. The smallest absolute Gasteiger partial charge is 0.338 e. The van der Waals surface area contributed by atoms with Crippen molar-refractivity contribution in [2.75, 3.05) is 43.0 Å². The molecule has 9 heteroatoms. The summed E-state index contributed by atoms with van der Waals surface area (Å²) in [6.45, 7) is 4.72.